The summed E-state index contributed by atoms with van der Waals surface area (Å²) in [5, 5.41) is 0. The summed E-state index contributed by atoms with van der Waals surface area (Å²) in [6, 6.07) is 28.1. The number of hydrogen-bond donors (Lipinski definition) is 0. The Morgan fingerprint density at radius 2 is 0.680 bits per heavy atom. The molecule has 0 aliphatic rings. The van der Waals surface area contributed by atoms with E-state index in [1.54, 1.807) is 10.5 Å². The molecule has 0 nitrogen and oxygen atoms in total. The van der Waals surface area contributed by atoms with Crippen molar-refractivity contribution in [2.45, 2.75) is 40.0 Å². The second-order valence-electron chi connectivity index (χ2n) is 6.40. The zero-order chi connectivity index (χ0) is 17.6. The SMILES string of the molecule is CCc1cc[c]([Sb]([c]2ccc(CC)cc2)[c]2ccc(CC)cc2)cc1. The fourth-order valence-corrected chi connectivity index (χ4v) is 9.47. The third kappa shape index (κ3) is 4.36. The van der Waals surface area contributed by atoms with Crippen LogP contribution < -0.4 is 10.5 Å². The quantitative estimate of drug-likeness (QED) is 0.514. The summed E-state index contributed by atoms with van der Waals surface area (Å²) >= 11 is -1.95. The predicted molar refractivity (Wildman–Crippen MR) is 112 cm³/mol. The van der Waals surface area contributed by atoms with E-state index in [1.165, 1.54) is 16.7 Å². The van der Waals surface area contributed by atoms with Crippen molar-refractivity contribution in [3.8, 4) is 0 Å². The number of hydrogen-bond acceptors (Lipinski definition) is 0. The molecular weight excluding hydrogens is 410 g/mol. The van der Waals surface area contributed by atoms with Crippen molar-refractivity contribution in [2.24, 2.45) is 0 Å². The summed E-state index contributed by atoms with van der Waals surface area (Å²) < 4.78 is 4.65. The van der Waals surface area contributed by atoms with E-state index >= 15 is 0 Å². The zero-order valence-electron chi connectivity index (χ0n) is 15.5. The van der Waals surface area contributed by atoms with E-state index in [4.69, 9.17) is 0 Å². The molecule has 3 rings (SSSR count). The van der Waals surface area contributed by atoms with Gasteiger partial charge in [-0.3, -0.25) is 0 Å². The molecule has 0 bridgehead atoms. The van der Waals surface area contributed by atoms with Crippen molar-refractivity contribution in [1.82, 2.24) is 0 Å². The van der Waals surface area contributed by atoms with Crippen LogP contribution in [0, 0.1) is 0 Å². The van der Waals surface area contributed by atoms with E-state index in [2.05, 4.69) is 93.6 Å². The molecule has 0 heterocycles. The summed E-state index contributed by atoms with van der Waals surface area (Å²) in [5.74, 6) is 0. The molecule has 3 aromatic rings. The van der Waals surface area contributed by atoms with E-state index in [9.17, 15) is 0 Å². The van der Waals surface area contributed by atoms with Crippen LogP contribution in [0.15, 0.2) is 72.8 Å². The zero-order valence-corrected chi connectivity index (χ0v) is 18.0. The molecule has 0 amide bonds. The third-order valence-electron chi connectivity index (χ3n) is 4.81. The van der Waals surface area contributed by atoms with Crippen LogP contribution in [0.25, 0.3) is 0 Å². The Morgan fingerprint density at radius 1 is 0.440 bits per heavy atom. The normalized spacial score (nSPS) is 11.0. The number of rotatable bonds is 6. The van der Waals surface area contributed by atoms with Gasteiger partial charge in [-0.15, -0.1) is 0 Å². The molecule has 1 heteroatoms. The standard InChI is InChI=1S/3C8H9.Sb/c3*1-2-8-6-4-3-5-7-8;/h3*4-7H,2H2,1H3;. The minimum absolute atomic E-state index is 1.11. The van der Waals surface area contributed by atoms with Crippen LogP contribution in [0.3, 0.4) is 0 Å². The average molecular weight is 437 g/mol. The summed E-state index contributed by atoms with van der Waals surface area (Å²) in [7, 11) is 0. The summed E-state index contributed by atoms with van der Waals surface area (Å²) in [6.45, 7) is 6.67. The Balaban J connectivity index is 2.04. The first kappa shape index (κ1) is 18.3. The molecule has 0 unspecified atom stereocenters. The van der Waals surface area contributed by atoms with E-state index in [0.29, 0.717) is 0 Å². The molecule has 25 heavy (non-hydrogen) atoms. The van der Waals surface area contributed by atoms with E-state index in [0.717, 1.165) is 19.3 Å². The molecule has 0 atom stereocenters. The Labute approximate surface area is 159 Å². The minimum atomic E-state index is -1.95. The van der Waals surface area contributed by atoms with Gasteiger partial charge in [-0.2, -0.15) is 0 Å². The Morgan fingerprint density at radius 3 is 0.880 bits per heavy atom. The molecule has 0 radical (unpaired) electrons. The van der Waals surface area contributed by atoms with E-state index in [-0.39, 0.29) is 0 Å². The van der Waals surface area contributed by atoms with Crippen LogP contribution in [0.1, 0.15) is 37.5 Å². The average Bonchev–Trinajstić information content (AvgIpc) is 2.70. The van der Waals surface area contributed by atoms with Crippen LogP contribution in [-0.2, 0) is 19.3 Å². The topological polar surface area (TPSA) is 0 Å². The van der Waals surface area contributed by atoms with Gasteiger partial charge in [0.2, 0.25) is 0 Å². The van der Waals surface area contributed by atoms with Crippen molar-refractivity contribution < 1.29 is 0 Å². The summed E-state index contributed by atoms with van der Waals surface area (Å²) in [6.07, 6.45) is 3.32. The molecule has 0 N–H and O–H groups in total. The fourth-order valence-electron chi connectivity index (χ4n) is 3.09. The molecule has 0 saturated carbocycles. The van der Waals surface area contributed by atoms with Crippen LogP contribution in [0.5, 0.6) is 0 Å². The monoisotopic (exact) mass is 436 g/mol. The van der Waals surface area contributed by atoms with Gasteiger partial charge in [-0.25, -0.2) is 0 Å². The Hall–Kier alpha value is -1.52. The van der Waals surface area contributed by atoms with Crippen LogP contribution >= 0.6 is 0 Å². The molecule has 0 aliphatic carbocycles. The first-order valence-electron chi connectivity index (χ1n) is 9.32. The molecule has 0 aliphatic heterocycles. The third-order valence-corrected chi connectivity index (χ3v) is 11.8. The van der Waals surface area contributed by atoms with Crippen LogP contribution in [0.2, 0.25) is 0 Å². The first-order valence-corrected chi connectivity index (χ1v) is 13.1. The van der Waals surface area contributed by atoms with Gasteiger partial charge in [0, 0.05) is 0 Å². The molecule has 0 aromatic heterocycles. The Kier molecular flexibility index (Phi) is 6.38. The van der Waals surface area contributed by atoms with Crippen molar-refractivity contribution in [3.63, 3.8) is 0 Å². The van der Waals surface area contributed by atoms with Gasteiger partial charge >= 0.3 is 160 Å². The molecule has 128 valence electrons. The molecule has 3 aromatic carbocycles. The van der Waals surface area contributed by atoms with Gasteiger partial charge in [-0.05, 0) is 0 Å². The summed E-state index contributed by atoms with van der Waals surface area (Å²) in [5.41, 5.74) is 4.27. The maximum atomic E-state index is 2.38. The van der Waals surface area contributed by atoms with E-state index < -0.39 is 20.2 Å². The Bertz CT molecular complexity index is 670. The number of aryl methyl sites for hydroxylation is 3. The van der Waals surface area contributed by atoms with Gasteiger partial charge in [-0.1, -0.05) is 0 Å². The second-order valence-corrected chi connectivity index (χ2v) is 12.7. The van der Waals surface area contributed by atoms with Crippen LogP contribution in [0.4, 0.5) is 0 Å². The number of benzene rings is 3. The van der Waals surface area contributed by atoms with Crippen LogP contribution in [-0.4, -0.2) is 20.2 Å². The molecule has 0 saturated heterocycles. The van der Waals surface area contributed by atoms with E-state index in [1.807, 2.05) is 0 Å². The first-order chi connectivity index (χ1) is 12.2. The fraction of sp³-hybridized carbons (Fsp3) is 0.250. The van der Waals surface area contributed by atoms with Crippen molar-refractivity contribution >= 4 is 30.7 Å². The molecular formula is C24H27Sb. The van der Waals surface area contributed by atoms with Crippen molar-refractivity contribution in [1.29, 1.82) is 0 Å². The van der Waals surface area contributed by atoms with Crippen molar-refractivity contribution in [2.75, 3.05) is 0 Å². The van der Waals surface area contributed by atoms with Gasteiger partial charge in [0.15, 0.2) is 0 Å². The van der Waals surface area contributed by atoms with Gasteiger partial charge in [0.1, 0.15) is 0 Å². The predicted octanol–water partition coefficient (Wildman–Crippen LogP) is 3.89. The van der Waals surface area contributed by atoms with Crippen molar-refractivity contribution in [3.05, 3.63) is 89.5 Å². The molecule has 0 fully saturated rings. The molecule has 0 spiro atoms. The summed E-state index contributed by atoms with van der Waals surface area (Å²) in [4.78, 5) is 0. The maximum absolute atomic E-state index is 2.38. The second kappa shape index (κ2) is 8.72. The van der Waals surface area contributed by atoms with Gasteiger partial charge in [0.25, 0.3) is 0 Å². The van der Waals surface area contributed by atoms with Gasteiger partial charge in [0.05, 0.1) is 0 Å². The van der Waals surface area contributed by atoms with Gasteiger partial charge < -0.3 is 0 Å².